The third-order valence-corrected chi connectivity index (χ3v) is 4.29. The average Bonchev–Trinajstić information content (AvgIpc) is 2.65. The molecule has 0 saturated carbocycles. The maximum atomic E-state index is 6.06. The Hall–Kier alpha value is -1.36. The average molecular weight is 285 g/mol. The Morgan fingerprint density at radius 2 is 1.76 bits per heavy atom. The number of benzene rings is 1. The molecule has 1 saturated heterocycles. The van der Waals surface area contributed by atoms with E-state index >= 15 is 0 Å². The van der Waals surface area contributed by atoms with E-state index in [1.165, 1.54) is 0 Å². The minimum atomic E-state index is -0.396. The smallest absolute Gasteiger partial charge is 0.400 e. The maximum Gasteiger partial charge on any atom is 0.491 e. The molecule has 2 N–H and O–H groups in total. The van der Waals surface area contributed by atoms with Gasteiger partial charge in [0, 0.05) is 6.54 Å². The molecule has 0 radical (unpaired) electrons. The van der Waals surface area contributed by atoms with Crippen LogP contribution in [-0.2, 0) is 9.31 Å². The number of nitrogens with two attached hydrogens (primary N) is 1. The van der Waals surface area contributed by atoms with E-state index in [2.05, 4.69) is 12.6 Å². The lowest BCUT2D eigenvalue weighted by atomic mass is 9.77. The van der Waals surface area contributed by atoms with Crippen LogP contribution in [0.4, 0.5) is 0 Å². The van der Waals surface area contributed by atoms with Gasteiger partial charge in [-0.25, -0.2) is 0 Å². The van der Waals surface area contributed by atoms with Crippen molar-refractivity contribution in [1.29, 1.82) is 0 Å². The van der Waals surface area contributed by atoms with Gasteiger partial charge in [0.15, 0.2) is 0 Å². The number of hydrogen-bond acceptors (Lipinski definition) is 3. The summed E-state index contributed by atoms with van der Waals surface area (Å²) in [6, 6.07) is 8.12. The molecule has 4 heteroatoms. The van der Waals surface area contributed by atoms with E-state index in [4.69, 9.17) is 15.0 Å². The molecule has 0 aromatic heterocycles. The zero-order chi connectivity index (χ0) is 15.7. The Morgan fingerprint density at radius 1 is 1.19 bits per heavy atom. The van der Waals surface area contributed by atoms with Gasteiger partial charge in [-0.05, 0) is 50.4 Å². The first kappa shape index (κ1) is 16.0. The summed E-state index contributed by atoms with van der Waals surface area (Å²) in [6.45, 7) is 12.4. The molecule has 1 heterocycles. The van der Waals surface area contributed by atoms with Crippen LogP contribution in [0.1, 0.15) is 38.8 Å². The van der Waals surface area contributed by atoms with E-state index in [0.717, 1.165) is 16.6 Å². The molecular formula is C17H24BNO2. The highest BCUT2D eigenvalue weighted by Crippen LogP contribution is 2.38. The largest absolute Gasteiger partial charge is 0.491 e. The highest BCUT2D eigenvalue weighted by molar-refractivity contribution is 6.55. The molecule has 1 aliphatic rings. The third kappa shape index (κ3) is 3.29. The van der Waals surface area contributed by atoms with Gasteiger partial charge in [0.25, 0.3) is 0 Å². The van der Waals surface area contributed by atoms with Crippen LogP contribution >= 0.6 is 0 Å². The van der Waals surface area contributed by atoms with Gasteiger partial charge in [-0.3, -0.25) is 0 Å². The second kappa shape index (κ2) is 5.80. The molecule has 0 atom stereocenters. The van der Waals surface area contributed by atoms with Crippen molar-refractivity contribution in [1.82, 2.24) is 0 Å². The van der Waals surface area contributed by atoms with E-state index in [-0.39, 0.29) is 11.2 Å². The fourth-order valence-corrected chi connectivity index (χ4v) is 2.21. The van der Waals surface area contributed by atoms with Gasteiger partial charge in [-0.1, -0.05) is 36.9 Å². The van der Waals surface area contributed by atoms with E-state index < -0.39 is 7.12 Å². The second-order valence-electron chi connectivity index (χ2n) is 6.39. The molecule has 0 aliphatic carbocycles. The molecule has 0 bridgehead atoms. The van der Waals surface area contributed by atoms with Crippen molar-refractivity contribution in [3.63, 3.8) is 0 Å². The minimum Gasteiger partial charge on any atom is -0.400 e. The second-order valence-corrected chi connectivity index (χ2v) is 6.39. The predicted molar refractivity (Wildman–Crippen MR) is 89.6 cm³/mol. The molecule has 2 rings (SSSR count). The van der Waals surface area contributed by atoms with E-state index in [1.54, 1.807) is 0 Å². The van der Waals surface area contributed by atoms with Crippen molar-refractivity contribution >= 4 is 19.3 Å². The number of rotatable bonds is 4. The predicted octanol–water partition coefficient (Wildman–Crippen LogP) is 3.30. The first-order valence-corrected chi connectivity index (χ1v) is 7.28. The Morgan fingerprint density at radius 3 is 2.29 bits per heavy atom. The maximum absolute atomic E-state index is 6.06. The van der Waals surface area contributed by atoms with E-state index in [0.29, 0.717) is 6.54 Å². The standard InChI is InChI=1S/C17H24BNO2/c1-6-13-8-7-9-14(10-13)11-15(12-19)18-20-16(2,3)17(4,5)21-18/h6-11H,1,12,19H2,2-5H3. The molecule has 112 valence electrons. The molecule has 1 fully saturated rings. The van der Waals surface area contributed by atoms with Crippen molar-refractivity contribution in [3.05, 3.63) is 47.4 Å². The molecular weight excluding hydrogens is 261 g/mol. The normalized spacial score (nSPS) is 20.6. The first-order valence-electron chi connectivity index (χ1n) is 7.28. The summed E-state index contributed by atoms with van der Waals surface area (Å²) in [7, 11) is -0.396. The van der Waals surface area contributed by atoms with Crippen molar-refractivity contribution in [2.24, 2.45) is 5.73 Å². The van der Waals surface area contributed by atoms with Gasteiger partial charge < -0.3 is 15.0 Å². The zero-order valence-electron chi connectivity index (χ0n) is 13.3. The fraction of sp³-hybridized carbons (Fsp3) is 0.412. The Labute approximate surface area is 128 Å². The molecule has 1 aliphatic heterocycles. The van der Waals surface area contributed by atoms with Crippen LogP contribution in [0.25, 0.3) is 12.2 Å². The van der Waals surface area contributed by atoms with Gasteiger partial charge in [0.1, 0.15) is 0 Å². The lowest BCUT2D eigenvalue weighted by Gasteiger charge is -2.32. The van der Waals surface area contributed by atoms with Crippen molar-refractivity contribution in [2.75, 3.05) is 6.54 Å². The van der Waals surface area contributed by atoms with Gasteiger partial charge in [-0.15, -0.1) is 0 Å². The van der Waals surface area contributed by atoms with Crippen molar-refractivity contribution < 1.29 is 9.31 Å². The Kier molecular flexibility index (Phi) is 4.42. The lowest BCUT2D eigenvalue weighted by Crippen LogP contribution is -2.41. The van der Waals surface area contributed by atoms with Crippen LogP contribution < -0.4 is 5.73 Å². The van der Waals surface area contributed by atoms with E-state index in [1.807, 2.05) is 58.0 Å². The highest BCUT2D eigenvalue weighted by Gasteiger charge is 2.52. The fourth-order valence-electron chi connectivity index (χ4n) is 2.21. The molecule has 3 nitrogen and oxygen atoms in total. The van der Waals surface area contributed by atoms with Crippen LogP contribution in [0.2, 0.25) is 0 Å². The van der Waals surface area contributed by atoms with Crippen LogP contribution in [-0.4, -0.2) is 24.9 Å². The van der Waals surface area contributed by atoms with Gasteiger partial charge in [0.2, 0.25) is 0 Å². The van der Waals surface area contributed by atoms with Crippen molar-refractivity contribution in [2.45, 2.75) is 38.9 Å². The summed E-state index contributed by atoms with van der Waals surface area (Å²) in [6.07, 6.45) is 3.86. The number of hydrogen-bond donors (Lipinski definition) is 1. The van der Waals surface area contributed by atoms with Gasteiger partial charge in [-0.2, -0.15) is 0 Å². The topological polar surface area (TPSA) is 44.5 Å². The third-order valence-electron chi connectivity index (χ3n) is 4.29. The molecule has 0 spiro atoms. The van der Waals surface area contributed by atoms with Gasteiger partial charge >= 0.3 is 7.12 Å². The Balaban J connectivity index is 2.28. The zero-order valence-corrected chi connectivity index (χ0v) is 13.3. The minimum absolute atomic E-state index is 0.352. The summed E-state index contributed by atoms with van der Waals surface area (Å²) in [5.41, 5.74) is 8.28. The summed E-state index contributed by atoms with van der Waals surface area (Å²) in [4.78, 5) is 0. The van der Waals surface area contributed by atoms with E-state index in [9.17, 15) is 0 Å². The van der Waals surface area contributed by atoms with Crippen molar-refractivity contribution in [3.8, 4) is 0 Å². The van der Waals surface area contributed by atoms with Crippen LogP contribution in [0.15, 0.2) is 36.3 Å². The monoisotopic (exact) mass is 285 g/mol. The summed E-state index contributed by atoms with van der Waals surface area (Å²) in [5.74, 6) is 0. The SMILES string of the molecule is C=Cc1cccc(C=C(CN)B2OC(C)(C)C(C)(C)O2)c1. The molecule has 0 unspecified atom stereocenters. The highest BCUT2D eigenvalue weighted by atomic mass is 16.7. The first-order chi connectivity index (χ1) is 9.79. The lowest BCUT2D eigenvalue weighted by molar-refractivity contribution is 0.00578. The van der Waals surface area contributed by atoms with Gasteiger partial charge in [0.05, 0.1) is 11.2 Å². The quantitative estimate of drug-likeness (QED) is 0.863. The summed E-state index contributed by atoms with van der Waals surface area (Å²) < 4.78 is 12.1. The molecule has 1 aromatic rings. The molecule has 0 amide bonds. The summed E-state index contributed by atoms with van der Waals surface area (Å²) >= 11 is 0. The van der Waals surface area contributed by atoms with Crippen LogP contribution in [0.3, 0.4) is 0 Å². The van der Waals surface area contributed by atoms with Crippen LogP contribution in [0, 0.1) is 0 Å². The Bertz CT molecular complexity index is 548. The summed E-state index contributed by atoms with van der Waals surface area (Å²) in [5, 5.41) is 0. The molecule has 21 heavy (non-hydrogen) atoms. The molecule has 1 aromatic carbocycles. The van der Waals surface area contributed by atoms with Crippen LogP contribution in [0.5, 0.6) is 0 Å².